The summed E-state index contributed by atoms with van der Waals surface area (Å²) < 4.78 is 0. The minimum absolute atomic E-state index is 0.0512. The van der Waals surface area contributed by atoms with E-state index < -0.39 is 0 Å². The van der Waals surface area contributed by atoms with E-state index in [-0.39, 0.29) is 12.1 Å². The number of benzene rings is 2. The number of rotatable bonds is 5. The van der Waals surface area contributed by atoms with E-state index in [9.17, 15) is 0 Å². The maximum atomic E-state index is 6.25. The van der Waals surface area contributed by atoms with Gasteiger partial charge < -0.3 is 5.73 Å². The van der Waals surface area contributed by atoms with Crippen LogP contribution in [0.2, 0.25) is 5.02 Å². The molecule has 2 unspecified atom stereocenters. The van der Waals surface area contributed by atoms with Gasteiger partial charge in [-0.2, -0.15) is 0 Å². The minimum atomic E-state index is 0.0512. The van der Waals surface area contributed by atoms with Crippen molar-refractivity contribution in [3.8, 4) is 0 Å². The molecule has 0 aliphatic rings. The zero-order valence-electron chi connectivity index (χ0n) is 12.9. The van der Waals surface area contributed by atoms with Gasteiger partial charge in [-0.15, -0.1) is 0 Å². The van der Waals surface area contributed by atoms with Crippen molar-refractivity contribution in [2.75, 3.05) is 7.05 Å². The smallest absolute Gasteiger partial charge is 0.0499 e. The van der Waals surface area contributed by atoms with Crippen LogP contribution in [-0.4, -0.2) is 18.0 Å². The number of nitrogens with zero attached hydrogens (tertiary/aromatic N) is 1. The van der Waals surface area contributed by atoms with E-state index >= 15 is 0 Å². The largest absolute Gasteiger partial charge is 0.326 e. The topological polar surface area (TPSA) is 29.3 Å². The molecule has 2 nitrogen and oxygen atoms in total. The Bertz CT molecular complexity index is 595. The van der Waals surface area contributed by atoms with Crippen LogP contribution in [0, 0.1) is 6.92 Å². The van der Waals surface area contributed by atoms with Crippen molar-refractivity contribution in [1.29, 1.82) is 0 Å². The Morgan fingerprint density at radius 1 is 1.14 bits per heavy atom. The number of aryl methyl sites for hydroxylation is 1. The lowest BCUT2D eigenvalue weighted by atomic mass is 9.95. The lowest BCUT2D eigenvalue weighted by molar-refractivity contribution is 0.210. The fourth-order valence-electron chi connectivity index (χ4n) is 2.86. The molecule has 0 radical (unpaired) electrons. The maximum absolute atomic E-state index is 6.25. The van der Waals surface area contributed by atoms with Crippen LogP contribution in [0.5, 0.6) is 0 Å². The standard InChI is InChI=1S/C18H23ClN2/c1-13-7-4-5-10-17(13)18(14(2)20)21(3)12-15-8-6-9-16(19)11-15/h4-11,14,18H,12,20H2,1-3H3. The molecule has 0 aliphatic heterocycles. The van der Waals surface area contributed by atoms with Crippen LogP contribution in [0.25, 0.3) is 0 Å². The van der Waals surface area contributed by atoms with E-state index in [0.717, 1.165) is 11.6 Å². The summed E-state index contributed by atoms with van der Waals surface area (Å²) in [6.07, 6.45) is 0. The van der Waals surface area contributed by atoms with Crippen LogP contribution in [0.1, 0.15) is 29.7 Å². The first-order chi connectivity index (χ1) is 9.99. The van der Waals surface area contributed by atoms with Crippen molar-refractivity contribution in [2.45, 2.75) is 32.5 Å². The van der Waals surface area contributed by atoms with Crippen LogP contribution in [0.3, 0.4) is 0 Å². The Kier molecular flexibility index (Phi) is 5.40. The highest BCUT2D eigenvalue weighted by Gasteiger charge is 2.22. The molecular weight excluding hydrogens is 280 g/mol. The monoisotopic (exact) mass is 302 g/mol. The van der Waals surface area contributed by atoms with Crippen LogP contribution in [0.4, 0.5) is 0 Å². The summed E-state index contributed by atoms with van der Waals surface area (Å²) >= 11 is 6.07. The maximum Gasteiger partial charge on any atom is 0.0499 e. The molecule has 0 aliphatic carbocycles. The molecule has 21 heavy (non-hydrogen) atoms. The molecule has 0 saturated carbocycles. The molecule has 0 fully saturated rings. The molecule has 112 valence electrons. The Morgan fingerprint density at radius 2 is 1.86 bits per heavy atom. The van der Waals surface area contributed by atoms with Crippen molar-refractivity contribution in [3.63, 3.8) is 0 Å². The van der Waals surface area contributed by atoms with E-state index in [1.807, 2.05) is 18.2 Å². The molecule has 3 heteroatoms. The first-order valence-corrected chi connectivity index (χ1v) is 7.62. The summed E-state index contributed by atoms with van der Waals surface area (Å²) in [5.74, 6) is 0. The van der Waals surface area contributed by atoms with Gasteiger partial charge in [0.2, 0.25) is 0 Å². The summed E-state index contributed by atoms with van der Waals surface area (Å²) in [7, 11) is 2.11. The van der Waals surface area contributed by atoms with Gasteiger partial charge in [0, 0.05) is 23.7 Å². The average Bonchev–Trinajstić information content (AvgIpc) is 2.41. The van der Waals surface area contributed by atoms with Crippen molar-refractivity contribution >= 4 is 11.6 Å². The summed E-state index contributed by atoms with van der Waals surface area (Å²) in [6.45, 7) is 5.02. The van der Waals surface area contributed by atoms with Crippen LogP contribution in [-0.2, 0) is 6.54 Å². The number of hydrogen-bond acceptors (Lipinski definition) is 2. The molecule has 0 amide bonds. The fourth-order valence-corrected chi connectivity index (χ4v) is 3.08. The van der Waals surface area contributed by atoms with Gasteiger partial charge in [-0.05, 0) is 49.7 Å². The average molecular weight is 303 g/mol. The van der Waals surface area contributed by atoms with Gasteiger partial charge in [0.15, 0.2) is 0 Å². The van der Waals surface area contributed by atoms with Gasteiger partial charge >= 0.3 is 0 Å². The molecule has 2 rings (SSSR count). The summed E-state index contributed by atoms with van der Waals surface area (Å²) in [5.41, 5.74) is 10.0. The predicted molar refractivity (Wildman–Crippen MR) is 90.5 cm³/mol. The first-order valence-electron chi connectivity index (χ1n) is 7.25. The third-order valence-corrected chi connectivity index (χ3v) is 4.04. The Balaban J connectivity index is 2.24. The third kappa shape index (κ3) is 4.07. The highest BCUT2D eigenvalue weighted by atomic mass is 35.5. The van der Waals surface area contributed by atoms with Crippen molar-refractivity contribution < 1.29 is 0 Å². The second kappa shape index (κ2) is 7.08. The van der Waals surface area contributed by atoms with Crippen molar-refractivity contribution in [2.24, 2.45) is 5.73 Å². The molecule has 2 N–H and O–H groups in total. The molecular formula is C18H23ClN2. The summed E-state index contributed by atoms with van der Waals surface area (Å²) in [6, 6.07) is 16.7. The lowest BCUT2D eigenvalue weighted by Gasteiger charge is -2.32. The highest BCUT2D eigenvalue weighted by molar-refractivity contribution is 6.30. The molecule has 2 atom stereocenters. The first kappa shape index (κ1) is 16.0. The zero-order chi connectivity index (χ0) is 15.4. The molecule has 2 aromatic rings. The van der Waals surface area contributed by atoms with Crippen LogP contribution >= 0.6 is 11.6 Å². The summed E-state index contributed by atoms with van der Waals surface area (Å²) in [5, 5.41) is 0.772. The lowest BCUT2D eigenvalue weighted by Crippen LogP contribution is -2.37. The third-order valence-electron chi connectivity index (χ3n) is 3.80. The van der Waals surface area contributed by atoms with Gasteiger partial charge in [0.1, 0.15) is 0 Å². The SMILES string of the molecule is Cc1ccccc1C(C(C)N)N(C)Cc1cccc(Cl)c1. The zero-order valence-corrected chi connectivity index (χ0v) is 13.6. The second-order valence-electron chi connectivity index (χ2n) is 5.71. The fraction of sp³-hybridized carbons (Fsp3) is 0.333. The van der Waals surface area contributed by atoms with E-state index in [1.165, 1.54) is 16.7 Å². The predicted octanol–water partition coefficient (Wildman–Crippen LogP) is 4.17. The van der Waals surface area contributed by atoms with Crippen LogP contribution in [0.15, 0.2) is 48.5 Å². The highest BCUT2D eigenvalue weighted by Crippen LogP contribution is 2.27. The van der Waals surface area contributed by atoms with Gasteiger partial charge in [-0.1, -0.05) is 48.0 Å². The van der Waals surface area contributed by atoms with E-state index in [2.05, 4.69) is 56.1 Å². The van der Waals surface area contributed by atoms with Gasteiger partial charge in [0.05, 0.1) is 0 Å². The van der Waals surface area contributed by atoms with E-state index in [0.29, 0.717) is 0 Å². The van der Waals surface area contributed by atoms with E-state index in [1.54, 1.807) is 0 Å². The van der Waals surface area contributed by atoms with Gasteiger partial charge in [0.25, 0.3) is 0 Å². The number of hydrogen-bond donors (Lipinski definition) is 1. The minimum Gasteiger partial charge on any atom is -0.326 e. The van der Waals surface area contributed by atoms with Gasteiger partial charge in [-0.3, -0.25) is 4.90 Å². The number of halogens is 1. The van der Waals surface area contributed by atoms with Gasteiger partial charge in [-0.25, -0.2) is 0 Å². The Labute approximate surface area is 132 Å². The molecule has 0 saturated heterocycles. The number of likely N-dealkylation sites (N-methyl/N-ethyl adjacent to an activating group) is 1. The molecule has 0 bridgehead atoms. The second-order valence-corrected chi connectivity index (χ2v) is 6.14. The molecule has 0 heterocycles. The normalized spacial score (nSPS) is 14.2. The summed E-state index contributed by atoms with van der Waals surface area (Å²) in [4.78, 5) is 2.29. The molecule has 2 aromatic carbocycles. The van der Waals surface area contributed by atoms with Crippen molar-refractivity contribution in [1.82, 2.24) is 4.90 Å². The van der Waals surface area contributed by atoms with Crippen molar-refractivity contribution in [3.05, 3.63) is 70.2 Å². The Hall–Kier alpha value is -1.35. The number of nitrogens with two attached hydrogens (primary N) is 1. The Morgan fingerprint density at radius 3 is 2.48 bits per heavy atom. The molecule has 0 spiro atoms. The van der Waals surface area contributed by atoms with Crippen LogP contribution < -0.4 is 5.73 Å². The quantitative estimate of drug-likeness (QED) is 0.898. The van der Waals surface area contributed by atoms with E-state index in [4.69, 9.17) is 17.3 Å². The molecule has 0 aromatic heterocycles.